The Morgan fingerprint density at radius 1 is 0.958 bits per heavy atom. The van der Waals surface area contributed by atoms with Crippen LogP contribution in [0, 0.1) is 0 Å². The number of nitrogen functional groups attached to an aromatic ring is 1. The van der Waals surface area contributed by atoms with Crippen LogP contribution in [0.2, 0.25) is 0 Å². The summed E-state index contributed by atoms with van der Waals surface area (Å²) < 4.78 is 39.1. The van der Waals surface area contributed by atoms with Gasteiger partial charge in [0.2, 0.25) is 11.9 Å². The van der Waals surface area contributed by atoms with E-state index in [0.29, 0.717) is 5.56 Å². The van der Waals surface area contributed by atoms with Gasteiger partial charge in [0.1, 0.15) is 0 Å². The van der Waals surface area contributed by atoms with Crippen LogP contribution in [-0.2, 0) is 6.18 Å². The fraction of sp³-hybridized carbons (Fsp3) is 0.0667. The molecular weight excluding hydrogens is 321 g/mol. The predicted molar refractivity (Wildman–Crippen MR) is 82.2 cm³/mol. The highest BCUT2D eigenvalue weighted by molar-refractivity contribution is 5.62. The molecule has 0 atom stereocenters. The smallest absolute Gasteiger partial charge is 0.368 e. The number of rotatable bonds is 3. The standard InChI is InChI=1S/C15H11F3N6/c16-15(17,18)10-8-20-7-6-11(10)21-14-23-12(22-13(19)24-14)9-4-2-1-3-5-9/h1-8H,(H3,19,20,21,22,23,24). The second kappa shape index (κ2) is 6.11. The van der Waals surface area contributed by atoms with Crippen LogP contribution < -0.4 is 11.1 Å². The molecule has 24 heavy (non-hydrogen) atoms. The molecule has 0 bridgehead atoms. The second-order valence-electron chi connectivity index (χ2n) is 4.75. The molecule has 9 heteroatoms. The monoisotopic (exact) mass is 332 g/mol. The van der Waals surface area contributed by atoms with Crippen LogP contribution in [0.25, 0.3) is 11.4 Å². The van der Waals surface area contributed by atoms with Crippen molar-refractivity contribution in [2.75, 3.05) is 11.1 Å². The lowest BCUT2D eigenvalue weighted by Crippen LogP contribution is -2.11. The third-order valence-corrected chi connectivity index (χ3v) is 3.06. The molecule has 2 aromatic heterocycles. The lowest BCUT2D eigenvalue weighted by molar-refractivity contribution is -0.137. The van der Waals surface area contributed by atoms with E-state index in [-0.39, 0.29) is 23.4 Å². The van der Waals surface area contributed by atoms with Crippen molar-refractivity contribution < 1.29 is 13.2 Å². The van der Waals surface area contributed by atoms with Gasteiger partial charge in [0.25, 0.3) is 0 Å². The fourth-order valence-corrected chi connectivity index (χ4v) is 2.01. The van der Waals surface area contributed by atoms with Crippen molar-refractivity contribution in [2.24, 2.45) is 0 Å². The second-order valence-corrected chi connectivity index (χ2v) is 4.75. The van der Waals surface area contributed by atoms with Gasteiger partial charge in [0.05, 0.1) is 11.3 Å². The molecule has 0 spiro atoms. The Hall–Kier alpha value is -3.23. The molecule has 0 unspecified atom stereocenters. The summed E-state index contributed by atoms with van der Waals surface area (Å²) in [6.07, 6.45) is -2.59. The molecule has 0 aliphatic rings. The number of pyridine rings is 1. The maximum absolute atomic E-state index is 13.0. The number of anilines is 3. The molecule has 0 saturated heterocycles. The van der Waals surface area contributed by atoms with Gasteiger partial charge >= 0.3 is 6.18 Å². The molecule has 0 radical (unpaired) electrons. The van der Waals surface area contributed by atoms with Gasteiger partial charge in [-0.3, -0.25) is 4.98 Å². The summed E-state index contributed by atoms with van der Waals surface area (Å²) in [5, 5.41) is 2.53. The van der Waals surface area contributed by atoms with Crippen molar-refractivity contribution in [3.63, 3.8) is 0 Å². The topological polar surface area (TPSA) is 89.6 Å². The summed E-state index contributed by atoms with van der Waals surface area (Å²) in [7, 11) is 0. The number of nitrogens with one attached hydrogen (secondary N) is 1. The highest BCUT2D eigenvalue weighted by Gasteiger charge is 2.34. The van der Waals surface area contributed by atoms with Crippen LogP contribution in [-0.4, -0.2) is 19.9 Å². The highest BCUT2D eigenvalue weighted by atomic mass is 19.4. The van der Waals surface area contributed by atoms with Crippen LogP contribution >= 0.6 is 0 Å². The minimum absolute atomic E-state index is 0.0851. The lowest BCUT2D eigenvalue weighted by atomic mass is 10.2. The van der Waals surface area contributed by atoms with Crippen LogP contribution in [0.4, 0.5) is 30.8 Å². The van der Waals surface area contributed by atoms with Crippen molar-refractivity contribution in [2.45, 2.75) is 6.18 Å². The molecule has 2 heterocycles. The first kappa shape index (κ1) is 15.7. The van der Waals surface area contributed by atoms with Crippen molar-refractivity contribution in [1.82, 2.24) is 19.9 Å². The van der Waals surface area contributed by atoms with Crippen LogP contribution in [0.3, 0.4) is 0 Å². The Balaban J connectivity index is 1.99. The van der Waals surface area contributed by atoms with Gasteiger partial charge in [-0.1, -0.05) is 30.3 Å². The SMILES string of the molecule is Nc1nc(Nc2ccncc2C(F)(F)F)nc(-c2ccccc2)n1. The van der Waals surface area contributed by atoms with Crippen LogP contribution in [0.1, 0.15) is 5.56 Å². The molecule has 3 N–H and O–H groups in total. The number of alkyl halides is 3. The van der Waals surface area contributed by atoms with E-state index in [0.717, 1.165) is 6.20 Å². The van der Waals surface area contributed by atoms with Gasteiger partial charge in [-0.05, 0) is 6.07 Å². The summed E-state index contributed by atoms with van der Waals surface area (Å²) in [5.41, 5.74) is 5.16. The Labute approximate surface area is 134 Å². The summed E-state index contributed by atoms with van der Waals surface area (Å²) in [6, 6.07) is 10.1. The van der Waals surface area contributed by atoms with Crippen LogP contribution in [0.15, 0.2) is 48.8 Å². The average Bonchev–Trinajstić information content (AvgIpc) is 2.55. The summed E-state index contributed by atoms with van der Waals surface area (Å²) in [4.78, 5) is 15.5. The minimum atomic E-state index is -4.56. The van der Waals surface area contributed by atoms with Crippen LogP contribution in [0.5, 0.6) is 0 Å². The number of benzene rings is 1. The van der Waals surface area contributed by atoms with E-state index in [1.165, 1.54) is 12.3 Å². The Morgan fingerprint density at radius 2 is 1.71 bits per heavy atom. The van der Waals surface area contributed by atoms with Gasteiger partial charge in [-0.15, -0.1) is 0 Å². The number of nitrogens with two attached hydrogens (primary N) is 1. The molecule has 0 aliphatic carbocycles. The predicted octanol–water partition coefficient (Wildman–Crippen LogP) is 3.28. The number of aromatic nitrogens is 4. The molecule has 1 aromatic carbocycles. The largest absolute Gasteiger partial charge is 0.419 e. The highest BCUT2D eigenvalue weighted by Crippen LogP contribution is 2.35. The zero-order chi connectivity index (χ0) is 17.2. The quantitative estimate of drug-likeness (QED) is 0.765. The van der Waals surface area contributed by atoms with E-state index in [1.807, 2.05) is 6.07 Å². The summed E-state index contributed by atoms with van der Waals surface area (Å²) in [6.45, 7) is 0. The van der Waals surface area contributed by atoms with Gasteiger partial charge < -0.3 is 11.1 Å². The van der Waals surface area contributed by atoms with Crippen molar-refractivity contribution in [3.05, 3.63) is 54.4 Å². The molecule has 0 saturated carbocycles. The van der Waals surface area contributed by atoms with E-state index in [2.05, 4.69) is 25.3 Å². The van der Waals surface area contributed by atoms with Crippen molar-refractivity contribution in [3.8, 4) is 11.4 Å². The lowest BCUT2D eigenvalue weighted by Gasteiger charge is -2.13. The number of hydrogen-bond donors (Lipinski definition) is 2. The van der Waals surface area contributed by atoms with Gasteiger partial charge in [0.15, 0.2) is 5.82 Å². The molecule has 6 nitrogen and oxygen atoms in total. The Bertz CT molecular complexity index is 851. The first-order valence-corrected chi connectivity index (χ1v) is 6.79. The Kier molecular flexibility index (Phi) is 3.98. The zero-order valence-corrected chi connectivity index (χ0v) is 12.1. The number of nitrogens with zero attached hydrogens (tertiary/aromatic N) is 4. The normalized spacial score (nSPS) is 11.3. The first-order chi connectivity index (χ1) is 11.4. The number of hydrogen-bond acceptors (Lipinski definition) is 6. The first-order valence-electron chi connectivity index (χ1n) is 6.79. The van der Waals surface area contributed by atoms with Gasteiger partial charge in [0, 0.05) is 18.0 Å². The molecule has 0 aliphatic heterocycles. The average molecular weight is 332 g/mol. The molecule has 0 amide bonds. The third-order valence-electron chi connectivity index (χ3n) is 3.06. The third kappa shape index (κ3) is 3.40. The maximum Gasteiger partial charge on any atom is 0.419 e. The summed E-state index contributed by atoms with van der Waals surface area (Å²) >= 11 is 0. The molecule has 3 aromatic rings. The summed E-state index contributed by atoms with van der Waals surface area (Å²) in [5.74, 6) is 0.0697. The molecule has 122 valence electrons. The van der Waals surface area contributed by atoms with E-state index in [9.17, 15) is 13.2 Å². The van der Waals surface area contributed by atoms with Gasteiger partial charge in [-0.2, -0.15) is 28.1 Å². The van der Waals surface area contributed by atoms with Gasteiger partial charge in [-0.25, -0.2) is 0 Å². The Morgan fingerprint density at radius 3 is 2.42 bits per heavy atom. The molecular formula is C15H11F3N6. The molecule has 0 fully saturated rings. The molecule has 3 rings (SSSR count). The van der Waals surface area contributed by atoms with E-state index in [1.54, 1.807) is 24.3 Å². The van der Waals surface area contributed by atoms with Crippen molar-refractivity contribution >= 4 is 17.6 Å². The van der Waals surface area contributed by atoms with E-state index < -0.39 is 11.7 Å². The zero-order valence-electron chi connectivity index (χ0n) is 12.1. The number of halogens is 3. The fourth-order valence-electron chi connectivity index (χ4n) is 2.01. The van der Waals surface area contributed by atoms with E-state index in [4.69, 9.17) is 5.73 Å². The van der Waals surface area contributed by atoms with Crippen molar-refractivity contribution in [1.29, 1.82) is 0 Å². The maximum atomic E-state index is 13.0. The minimum Gasteiger partial charge on any atom is -0.368 e. The van der Waals surface area contributed by atoms with E-state index >= 15 is 0 Å².